The second-order valence-corrected chi connectivity index (χ2v) is 3.19. The van der Waals surface area contributed by atoms with Crippen LogP contribution in [0.3, 0.4) is 0 Å². The molecule has 0 spiro atoms. The van der Waals surface area contributed by atoms with Gasteiger partial charge in [-0.3, -0.25) is 0 Å². The molecule has 2 rings (SSSR count). The van der Waals surface area contributed by atoms with Crippen molar-refractivity contribution in [3.05, 3.63) is 24.3 Å². The fourth-order valence-electron chi connectivity index (χ4n) is 1.71. The van der Waals surface area contributed by atoms with Crippen molar-refractivity contribution in [2.24, 2.45) is 11.8 Å². The van der Waals surface area contributed by atoms with Gasteiger partial charge in [0.05, 0.1) is 0 Å². The average Bonchev–Trinajstić information content (AvgIpc) is 2.58. The van der Waals surface area contributed by atoms with E-state index in [-0.39, 0.29) is 0 Å². The van der Waals surface area contributed by atoms with Crippen LogP contribution in [0, 0.1) is 11.8 Å². The summed E-state index contributed by atoms with van der Waals surface area (Å²) in [5, 5.41) is 6.67. The summed E-state index contributed by atoms with van der Waals surface area (Å²) >= 11 is 0. The maximum absolute atomic E-state index is 3.33. The third-order valence-electron chi connectivity index (χ3n) is 2.39. The van der Waals surface area contributed by atoms with Crippen LogP contribution in [0.1, 0.15) is 0 Å². The Balaban J connectivity index is 1.92. The fourth-order valence-corrected chi connectivity index (χ4v) is 1.71. The van der Waals surface area contributed by atoms with Crippen LogP contribution in [-0.2, 0) is 0 Å². The quantitative estimate of drug-likeness (QED) is 0.568. The Morgan fingerprint density at radius 1 is 1.00 bits per heavy atom. The topological polar surface area (TPSA) is 24.1 Å². The minimum atomic E-state index is 0.662. The molecule has 0 aromatic rings. The SMILES string of the molecule is C1=CC(C2CNCNC2)C=C1. The van der Waals surface area contributed by atoms with E-state index in [2.05, 4.69) is 34.9 Å². The lowest BCUT2D eigenvalue weighted by Crippen LogP contribution is -2.45. The summed E-state index contributed by atoms with van der Waals surface area (Å²) in [6, 6.07) is 0. The minimum absolute atomic E-state index is 0.662. The van der Waals surface area contributed by atoms with Gasteiger partial charge in [-0.15, -0.1) is 0 Å². The van der Waals surface area contributed by atoms with Gasteiger partial charge >= 0.3 is 0 Å². The zero-order valence-electron chi connectivity index (χ0n) is 6.59. The van der Waals surface area contributed by atoms with Gasteiger partial charge in [-0.05, 0) is 5.92 Å². The number of nitrogens with one attached hydrogen (secondary N) is 2. The van der Waals surface area contributed by atoms with Gasteiger partial charge in [-0.25, -0.2) is 0 Å². The molecule has 0 aromatic carbocycles. The van der Waals surface area contributed by atoms with Crippen molar-refractivity contribution in [1.29, 1.82) is 0 Å². The zero-order chi connectivity index (χ0) is 7.52. The van der Waals surface area contributed by atoms with Gasteiger partial charge in [0.1, 0.15) is 0 Å². The van der Waals surface area contributed by atoms with Crippen LogP contribution in [0.4, 0.5) is 0 Å². The first kappa shape index (κ1) is 7.07. The van der Waals surface area contributed by atoms with E-state index < -0.39 is 0 Å². The molecule has 0 bridgehead atoms. The molecule has 60 valence electrons. The fraction of sp³-hybridized carbons (Fsp3) is 0.556. The van der Waals surface area contributed by atoms with Crippen molar-refractivity contribution in [2.45, 2.75) is 0 Å². The van der Waals surface area contributed by atoms with Gasteiger partial charge in [0.15, 0.2) is 0 Å². The van der Waals surface area contributed by atoms with E-state index in [1.807, 2.05) is 0 Å². The van der Waals surface area contributed by atoms with Crippen LogP contribution < -0.4 is 10.6 Å². The number of hydrogen-bond acceptors (Lipinski definition) is 2. The normalized spacial score (nSPS) is 26.5. The second-order valence-electron chi connectivity index (χ2n) is 3.19. The lowest BCUT2D eigenvalue weighted by atomic mass is 9.93. The molecule has 0 unspecified atom stereocenters. The van der Waals surface area contributed by atoms with Crippen molar-refractivity contribution in [1.82, 2.24) is 10.6 Å². The summed E-state index contributed by atoms with van der Waals surface area (Å²) in [5.41, 5.74) is 0. The highest BCUT2D eigenvalue weighted by atomic mass is 15.1. The summed E-state index contributed by atoms with van der Waals surface area (Å²) in [4.78, 5) is 0. The molecule has 2 nitrogen and oxygen atoms in total. The van der Waals surface area contributed by atoms with Crippen LogP contribution in [0.15, 0.2) is 24.3 Å². The average molecular weight is 150 g/mol. The van der Waals surface area contributed by atoms with E-state index in [0.717, 1.165) is 25.7 Å². The molecule has 1 heterocycles. The molecule has 0 amide bonds. The molecule has 0 saturated carbocycles. The second kappa shape index (κ2) is 3.20. The van der Waals surface area contributed by atoms with Crippen LogP contribution in [-0.4, -0.2) is 19.8 Å². The van der Waals surface area contributed by atoms with Gasteiger partial charge in [0, 0.05) is 25.7 Å². The van der Waals surface area contributed by atoms with Gasteiger partial charge < -0.3 is 10.6 Å². The van der Waals surface area contributed by atoms with Gasteiger partial charge in [0.2, 0.25) is 0 Å². The highest BCUT2D eigenvalue weighted by Gasteiger charge is 2.19. The highest BCUT2D eigenvalue weighted by Crippen LogP contribution is 2.19. The van der Waals surface area contributed by atoms with Crippen molar-refractivity contribution in [3.63, 3.8) is 0 Å². The van der Waals surface area contributed by atoms with E-state index in [9.17, 15) is 0 Å². The van der Waals surface area contributed by atoms with Crippen molar-refractivity contribution >= 4 is 0 Å². The lowest BCUT2D eigenvalue weighted by molar-refractivity contribution is 0.338. The molecule has 2 N–H and O–H groups in total. The van der Waals surface area contributed by atoms with Gasteiger partial charge in [-0.2, -0.15) is 0 Å². The minimum Gasteiger partial charge on any atom is -0.304 e. The molecule has 2 aliphatic rings. The summed E-state index contributed by atoms with van der Waals surface area (Å²) in [7, 11) is 0. The zero-order valence-corrected chi connectivity index (χ0v) is 6.59. The first-order chi connectivity index (χ1) is 5.47. The molecule has 1 fully saturated rings. The van der Waals surface area contributed by atoms with Crippen LogP contribution >= 0.6 is 0 Å². The summed E-state index contributed by atoms with van der Waals surface area (Å²) in [6.07, 6.45) is 8.83. The highest BCUT2D eigenvalue weighted by molar-refractivity contribution is 5.19. The van der Waals surface area contributed by atoms with E-state index in [1.54, 1.807) is 0 Å². The predicted octanol–water partition coefficient (Wildman–Crippen LogP) is 0.495. The van der Waals surface area contributed by atoms with E-state index in [0.29, 0.717) is 5.92 Å². The van der Waals surface area contributed by atoms with Crippen LogP contribution in [0.25, 0.3) is 0 Å². The molecule has 1 saturated heterocycles. The molecule has 0 aromatic heterocycles. The largest absolute Gasteiger partial charge is 0.304 e. The third kappa shape index (κ3) is 1.52. The molecule has 11 heavy (non-hydrogen) atoms. The predicted molar refractivity (Wildman–Crippen MR) is 46.1 cm³/mol. The van der Waals surface area contributed by atoms with Crippen LogP contribution in [0.5, 0.6) is 0 Å². The summed E-state index contributed by atoms with van der Waals surface area (Å²) in [5.74, 6) is 1.41. The number of allylic oxidation sites excluding steroid dienone is 4. The smallest absolute Gasteiger partial charge is 0.0454 e. The Kier molecular flexibility index (Phi) is 2.06. The number of rotatable bonds is 1. The maximum atomic E-state index is 3.33. The molecule has 0 radical (unpaired) electrons. The summed E-state index contributed by atoms with van der Waals surface area (Å²) < 4.78 is 0. The molecular formula is C9H14N2. The molecular weight excluding hydrogens is 136 g/mol. The van der Waals surface area contributed by atoms with E-state index in [4.69, 9.17) is 0 Å². The van der Waals surface area contributed by atoms with Crippen molar-refractivity contribution < 1.29 is 0 Å². The van der Waals surface area contributed by atoms with Gasteiger partial charge in [-0.1, -0.05) is 24.3 Å². The standard InChI is InChI=1S/C9H14N2/c1-2-4-8(3-1)9-5-10-7-11-6-9/h1-4,8-11H,5-7H2. The monoisotopic (exact) mass is 150 g/mol. The maximum Gasteiger partial charge on any atom is 0.0454 e. The summed E-state index contributed by atoms with van der Waals surface area (Å²) in [6.45, 7) is 3.26. The lowest BCUT2D eigenvalue weighted by Gasteiger charge is -2.26. The first-order valence-electron chi connectivity index (χ1n) is 4.23. The Hall–Kier alpha value is -0.600. The van der Waals surface area contributed by atoms with Crippen molar-refractivity contribution in [2.75, 3.05) is 19.8 Å². The molecule has 0 atom stereocenters. The van der Waals surface area contributed by atoms with E-state index >= 15 is 0 Å². The Morgan fingerprint density at radius 2 is 1.64 bits per heavy atom. The molecule has 1 aliphatic heterocycles. The number of hydrogen-bond donors (Lipinski definition) is 2. The van der Waals surface area contributed by atoms with Crippen molar-refractivity contribution in [3.8, 4) is 0 Å². The Bertz CT molecular complexity index is 166. The Morgan fingerprint density at radius 3 is 2.27 bits per heavy atom. The first-order valence-corrected chi connectivity index (χ1v) is 4.23. The third-order valence-corrected chi connectivity index (χ3v) is 2.39. The molecule has 1 aliphatic carbocycles. The van der Waals surface area contributed by atoms with Crippen LogP contribution in [0.2, 0.25) is 0 Å². The van der Waals surface area contributed by atoms with E-state index in [1.165, 1.54) is 0 Å². The molecule has 2 heteroatoms. The Labute approximate surface area is 67.4 Å². The van der Waals surface area contributed by atoms with Gasteiger partial charge in [0.25, 0.3) is 0 Å².